The van der Waals surface area contributed by atoms with Crippen molar-refractivity contribution in [2.75, 3.05) is 0 Å². The maximum atomic E-state index is 13.3. The van der Waals surface area contributed by atoms with Crippen LogP contribution in [0.4, 0.5) is 0 Å². The van der Waals surface area contributed by atoms with Gasteiger partial charge in [0.05, 0.1) is 5.52 Å². The third-order valence-electron chi connectivity index (χ3n) is 5.26. The van der Waals surface area contributed by atoms with E-state index in [-0.39, 0.29) is 11.5 Å². The minimum atomic E-state index is -0.00350. The standard InChI is InChI=1S/C23H19BrN4OS2/c1-15(17-7-3-2-4-8-17)13-27-21(29)20-19(10-11-30-20)28-22(27)25-26-23(28)31-14-16-6-5-9-18(24)12-16/h2-12,15H,13-14H2,1H3/t15-/m1/s1. The number of thioether (sulfide) groups is 1. The van der Waals surface area contributed by atoms with Gasteiger partial charge >= 0.3 is 0 Å². The number of hydrogen-bond donors (Lipinski definition) is 0. The highest BCUT2D eigenvalue weighted by atomic mass is 79.9. The lowest BCUT2D eigenvalue weighted by atomic mass is 10.0. The Labute approximate surface area is 195 Å². The highest BCUT2D eigenvalue weighted by Gasteiger charge is 2.19. The van der Waals surface area contributed by atoms with Crippen LogP contribution < -0.4 is 5.56 Å². The van der Waals surface area contributed by atoms with Gasteiger partial charge in [0.2, 0.25) is 5.78 Å². The van der Waals surface area contributed by atoms with Crippen molar-refractivity contribution in [2.24, 2.45) is 0 Å². The topological polar surface area (TPSA) is 52.2 Å². The van der Waals surface area contributed by atoms with Crippen molar-refractivity contribution in [2.45, 2.75) is 30.3 Å². The number of thiophene rings is 1. The summed E-state index contributed by atoms with van der Waals surface area (Å²) in [5.74, 6) is 1.54. The second kappa shape index (κ2) is 8.61. The van der Waals surface area contributed by atoms with Gasteiger partial charge in [-0.3, -0.25) is 13.8 Å². The van der Waals surface area contributed by atoms with E-state index in [9.17, 15) is 4.79 Å². The molecule has 5 nitrogen and oxygen atoms in total. The van der Waals surface area contributed by atoms with Crippen molar-refractivity contribution in [3.63, 3.8) is 0 Å². The van der Waals surface area contributed by atoms with Crippen LogP contribution in [0, 0.1) is 0 Å². The first-order valence-electron chi connectivity index (χ1n) is 9.89. The van der Waals surface area contributed by atoms with E-state index in [4.69, 9.17) is 0 Å². The molecule has 0 bridgehead atoms. The molecule has 0 saturated heterocycles. The van der Waals surface area contributed by atoms with Crippen LogP contribution in [0.1, 0.15) is 24.0 Å². The van der Waals surface area contributed by atoms with Crippen molar-refractivity contribution in [1.29, 1.82) is 0 Å². The number of aromatic nitrogens is 4. The summed E-state index contributed by atoms with van der Waals surface area (Å²) in [4.78, 5) is 13.3. The monoisotopic (exact) mass is 510 g/mol. The van der Waals surface area contributed by atoms with Crippen molar-refractivity contribution >= 4 is 55.0 Å². The Morgan fingerprint density at radius 3 is 2.74 bits per heavy atom. The molecule has 0 aliphatic carbocycles. The first-order valence-corrected chi connectivity index (χ1v) is 12.5. The third-order valence-corrected chi connectivity index (χ3v) is 7.65. The van der Waals surface area contributed by atoms with Crippen LogP contribution in [-0.2, 0) is 12.3 Å². The summed E-state index contributed by atoms with van der Waals surface area (Å²) in [6.07, 6.45) is 0. The zero-order valence-corrected chi connectivity index (χ0v) is 20.0. The van der Waals surface area contributed by atoms with Gasteiger partial charge in [-0.05, 0) is 40.6 Å². The minimum Gasteiger partial charge on any atom is -0.275 e. The van der Waals surface area contributed by atoms with Gasteiger partial charge in [-0.15, -0.1) is 21.5 Å². The maximum Gasteiger partial charge on any atom is 0.272 e. The summed E-state index contributed by atoms with van der Waals surface area (Å²) in [7, 11) is 0. The molecular weight excluding hydrogens is 492 g/mol. The Kier molecular flexibility index (Phi) is 5.69. The zero-order valence-electron chi connectivity index (χ0n) is 16.7. The fraction of sp³-hybridized carbons (Fsp3) is 0.174. The first kappa shape index (κ1) is 20.5. The van der Waals surface area contributed by atoms with Crippen LogP contribution in [0.2, 0.25) is 0 Å². The van der Waals surface area contributed by atoms with Gasteiger partial charge in [0.25, 0.3) is 5.56 Å². The number of halogens is 1. The molecule has 156 valence electrons. The summed E-state index contributed by atoms with van der Waals surface area (Å²) >= 11 is 6.62. The van der Waals surface area contributed by atoms with Crippen LogP contribution >= 0.6 is 39.0 Å². The van der Waals surface area contributed by atoms with Crippen LogP contribution in [-0.4, -0.2) is 19.2 Å². The SMILES string of the molecule is C[C@H](Cn1c(=O)c2sccc2n2c(SCc3cccc(Br)c3)nnc12)c1ccccc1. The zero-order chi connectivity index (χ0) is 21.4. The Hall–Kier alpha value is -2.42. The fourth-order valence-corrected chi connectivity index (χ4v) is 5.85. The van der Waals surface area contributed by atoms with Crippen molar-refractivity contribution in [3.05, 3.63) is 92.0 Å². The summed E-state index contributed by atoms with van der Waals surface area (Å²) in [6.45, 7) is 2.69. The van der Waals surface area contributed by atoms with E-state index in [1.54, 1.807) is 16.3 Å². The summed E-state index contributed by atoms with van der Waals surface area (Å²) in [5, 5.41) is 11.6. The smallest absolute Gasteiger partial charge is 0.272 e. The molecule has 1 atom stereocenters. The Morgan fingerprint density at radius 1 is 1.10 bits per heavy atom. The molecule has 8 heteroatoms. The van der Waals surface area contributed by atoms with E-state index in [1.165, 1.54) is 22.5 Å². The lowest BCUT2D eigenvalue weighted by Gasteiger charge is -2.15. The molecule has 0 fully saturated rings. The predicted octanol–water partition coefficient (Wildman–Crippen LogP) is 5.96. The van der Waals surface area contributed by atoms with Crippen molar-refractivity contribution in [1.82, 2.24) is 19.2 Å². The number of rotatable bonds is 6. The lowest BCUT2D eigenvalue weighted by Crippen LogP contribution is -2.24. The molecular formula is C23H19BrN4OS2. The van der Waals surface area contributed by atoms with Crippen LogP contribution in [0.15, 0.2) is 80.5 Å². The maximum absolute atomic E-state index is 13.3. The van der Waals surface area contributed by atoms with E-state index in [1.807, 2.05) is 46.2 Å². The van der Waals surface area contributed by atoms with Crippen molar-refractivity contribution in [3.8, 4) is 0 Å². The average molecular weight is 511 g/mol. The van der Waals surface area contributed by atoms with Crippen LogP contribution in [0.3, 0.4) is 0 Å². The summed E-state index contributed by atoms with van der Waals surface area (Å²) < 4.78 is 5.58. The molecule has 0 radical (unpaired) electrons. The average Bonchev–Trinajstić information content (AvgIpc) is 3.43. The van der Waals surface area contributed by atoms with Gasteiger partial charge in [-0.25, -0.2) is 0 Å². The Bertz CT molecular complexity index is 1420. The van der Waals surface area contributed by atoms with Gasteiger partial charge in [0, 0.05) is 16.8 Å². The highest BCUT2D eigenvalue weighted by molar-refractivity contribution is 9.10. The van der Waals surface area contributed by atoms with E-state index in [2.05, 4.69) is 57.3 Å². The van der Waals surface area contributed by atoms with Gasteiger partial charge in [-0.1, -0.05) is 77.1 Å². The van der Waals surface area contributed by atoms with E-state index >= 15 is 0 Å². The molecule has 5 rings (SSSR count). The second-order valence-electron chi connectivity index (χ2n) is 7.40. The first-order chi connectivity index (χ1) is 15.1. The molecule has 31 heavy (non-hydrogen) atoms. The third kappa shape index (κ3) is 3.95. The summed E-state index contributed by atoms with van der Waals surface area (Å²) in [6, 6.07) is 20.5. The molecule has 0 saturated carbocycles. The molecule has 2 aromatic carbocycles. The van der Waals surface area contributed by atoms with Gasteiger partial charge in [0.15, 0.2) is 5.16 Å². The molecule has 0 N–H and O–H groups in total. The Morgan fingerprint density at radius 2 is 1.94 bits per heavy atom. The van der Waals surface area contributed by atoms with Gasteiger partial charge in [0.1, 0.15) is 4.70 Å². The fourth-order valence-electron chi connectivity index (χ4n) is 3.69. The number of nitrogens with zero attached hydrogens (tertiary/aromatic N) is 4. The molecule has 0 aliphatic rings. The quantitative estimate of drug-likeness (QED) is 0.264. The summed E-state index contributed by atoms with van der Waals surface area (Å²) in [5.41, 5.74) is 3.26. The molecule has 0 spiro atoms. The Balaban J connectivity index is 1.56. The van der Waals surface area contributed by atoms with Crippen LogP contribution in [0.5, 0.6) is 0 Å². The van der Waals surface area contributed by atoms with E-state index < -0.39 is 0 Å². The molecule has 0 unspecified atom stereocenters. The van der Waals surface area contributed by atoms with Crippen molar-refractivity contribution < 1.29 is 0 Å². The van der Waals surface area contributed by atoms with E-state index in [0.717, 1.165) is 25.6 Å². The minimum absolute atomic E-state index is 0.00350. The number of fused-ring (bicyclic) bond motifs is 3. The second-order valence-corrected chi connectivity index (χ2v) is 10.2. The van der Waals surface area contributed by atoms with E-state index in [0.29, 0.717) is 12.3 Å². The van der Waals surface area contributed by atoms with Crippen LogP contribution in [0.25, 0.3) is 16.0 Å². The molecule has 3 aromatic heterocycles. The number of hydrogen-bond acceptors (Lipinski definition) is 5. The van der Waals surface area contributed by atoms with Gasteiger partial charge in [-0.2, -0.15) is 0 Å². The highest BCUT2D eigenvalue weighted by Crippen LogP contribution is 2.28. The largest absolute Gasteiger partial charge is 0.275 e. The number of benzene rings is 2. The van der Waals surface area contributed by atoms with Gasteiger partial charge < -0.3 is 0 Å². The normalized spacial score (nSPS) is 12.6. The molecule has 5 aromatic rings. The molecule has 0 amide bonds. The molecule has 0 aliphatic heterocycles. The molecule has 3 heterocycles. The lowest BCUT2D eigenvalue weighted by molar-refractivity contribution is 0.588. The predicted molar refractivity (Wildman–Crippen MR) is 131 cm³/mol.